The molecule has 4 heterocycles. The average molecular weight is 493 g/mol. The molecular weight excluding hydrogens is 469 g/mol. The number of aromatic nitrogens is 4. The van der Waals surface area contributed by atoms with Crippen LogP contribution in [0, 0.1) is 6.92 Å². The molecule has 1 amide bonds. The van der Waals surface area contributed by atoms with Gasteiger partial charge in [0.15, 0.2) is 5.82 Å². The van der Waals surface area contributed by atoms with Gasteiger partial charge in [-0.1, -0.05) is 30.3 Å². The molecule has 1 aliphatic heterocycles. The first kappa shape index (κ1) is 23.5. The van der Waals surface area contributed by atoms with Crippen molar-refractivity contribution in [3.63, 3.8) is 0 Å². The van der Waals surface area contributed by atoms with Crippen LogP contribution in [0.3, 0.4) is 0 Å². The minimum Gasteiger partial charge on any atom is -0.352 e. The summed E-state index contributed by atoms with van der Waals surface area (Å²) < 4.78 is 39.7. The van der Waals surface area contributed by atoms with Gasteiger partial charge in [-0.3, -0.25) is 4.79 Å². The van der Waals surface area contributed by atoms with E-state index in [2.05, 4.69) is 43.5 Å². The van der Waals surface area contributed by atoms with E-state index in [0.29, 0.717) is 11.3 Å². The molecule has 36 heavy (non-hydrogen) atoms. The number of nitrogens with zero attached hydrogens (tertiary/aromatic N) is 5. The van der Waals surface area contributed by atoms with Gasteiger partial charge in [-0.15, -0.1) is 0 Å². The number of nitrogens with one attached hydrogen (secondary N) is 1. The second-order valence-corrected chi connectivity index (χ2v) is 8.61. The highest BCUT2D eigenvalue weighted by molar-refractivity contribution is 5.95. The van der Waals surface area contributed by atoms with Crippen molar-refractivity contribution in [3.8, 4) is 5.82 Å². The first-order valence-corrected chi connectivity index (χ1v) is 11.4. The van der Waals surface area contributed by atoms with Gasteiger partial charge in [0.05, 0.1) is 23.0 Å². The molecule has 0 saturated heterocycles. The van der Waals surface area contributed by atoms with Crippen molar-refractivity contribution in [2.45, 2.75) is 32.6 Å². The molecule has 184 valence electrons. The summed E-state index contributed by atoms with van der Waals surface area (Å²) in [6, 6.07) is 14.5. The molecule has 4 aromatic rings. The number of alkyl halides is 3. The third-order valence-corrected chi connectivity index (χ3v) is 6.26. The van der Waals surface area contributed by atoms with Crippen molar-refractivity contribution in [1.82, 2.24) is 25.1 Å². The van der Waals surface area contributed by atoms with E-state index in [9.17, 15) is 18.0 Å². The maximum atomic E-state index is 12.8. The Morgan fingerprint density at radius 2 is 1.72 bits per heavy atom. The SMILES string of the molecule is Cc1c(C(=O)NCc2ccc(N3CCc4ccccc4C3)nc2)cnn1-c1ccc(C(F)(F)F)cn1. The second-order valence-electron chi connectivity index (χ2n) is 8.61. The van der Waals surface area contributed by atoms with Gasteiger partial charge >= 0.3 is 6.18 Å². The maximum absolute atomic E-state index is 12.8. The summed E-state index contributed by atoms with van der Waals surface area (Å²) >= 11 is 0. The minimum absolute atomic E-state index is 0.194. The highest BCUT2D eigenvalue weighted by atomic mass is 19.4. The zero-order valence-corrected chi connectivity index (χ0v) is 19.5. The Morgan fingerprint density at radius 1 is 0.972 bits per heavy atom. The summed E-state index contributed by atoms with van der Waals surface area (Å²) in [5, 5.41) is 6.97. The third kappa shape index (κ3) is 4.79. The fourth-order valence-corrected chi connectivity index (χ4v) is 4.22. The van der Waals surface area contributed by atoms with Crippen LogP contribution in [-0.4, -0.2) is 32.2 Å². The predicted octanol–water partition coefficient (Wildman–Crippen LogP) is 4.48. The third-order valence-electron chi connectivity index (χ3n) is 6.26. The normalized spacial score (nSPS) is 13.4. The van der Waals surface area contributed by atoms with Crippen LogP contribution in [0.4, 0.5) is 19.0 Å². The molecule has 0 spiro atoms. The van der Waals surface area contributed by atoms with Crippen molar-refractivity contribution in [3.05, 3.63) is 101 Å². The Kier molecular flexibility index (Phi) is 6.17. The van der Waals surface area contributed by atoms with Crippen LogP contribution in [-0.2, 0) is 25.7 Å². The average Bonchev–Trinajstić information content (AvgIpc) is 3.28. The standard InChI is InChI=1S/C26H23F3N6O/c1-17-22(15-33-35(17)24-9-7-21(14-31-24)26(27,28)29)25(36)32-13-18-6-8-23(30-12-18)34-11-10-19-4-2-3-5-20(19)16-34/h2-9,12,14-15H,10-11,13,16H2,1H3,(H,32,36). The molecule has 0 saturated carbocycles. The van der Waals surface area contributed by atoms with E-state index >= 15 is 0 Å². The van der Waals surface area contributed by atoms with E-state index in [1.54, 1.807) is 13.1 Å². The summed E-state index contributed by atoms with van der Waals surface area (Å²) in [6.07, 6.45) is 0.375. The number of fused-ring (bicyclic) bond motifs is 1. The van der Waals surface area contributed by atoms with Crippen molar-refractivity contribution >= 4 is 11.7 Å². The molecule has 3 aromatic heterocycles. The highest BCUT2D eigenvalue weighted by Crippen LogP contribution is 2.29. The number of anilines is 1. The first-order chi connectivity index (χ1) is 17.3. The molecular formula is C26H23F3N6O. The van der Waals surface area contributed by atoms with Crippen molar-refractivity contribution in [2.75, 3.05) is 11.4 Å². The minimum atomic E-state index is -4.47. The fraction of sp³-hybridized carbons (Fsp3) is 0.231. The largest absolute Gasteiger partial charge is 0.417 e. The van der Waals surface area contributed by atoms with Gasteiger partial charge in [-0.2, -0.15) is 18.3 Å². The fourth-order valence-electron chi connectivity index (χ4n) is 4.22. The smallest absolute Gasteiger partial charge is 0.352 e. The number of rotatable bonds is 5. The number of benzene rings is 1. The predicted molar refractivity (Wildman–Crippen MR) is 128 cm³/mol. The molecule has 7 nitrogen and oxygen atoms in total. The molecule has 10 heteroatoms. The van der Waals surface area contributed by atoms with E-state index in [0.717, 1.165) is 43.2 Å². The molecule has 0 unspecified atom stereocenters. The molecule has 0 atom stereocenters. The van der Waals surface area contributed by atoms with Gasteiger partial charge in [0.2, 0.25) is 0 Å². The van der Waals surface area contributed by atoms with Gasteiger partial charge in [0.1, 0.15) is 5.82 Å². The lowest BCUT2D eigenvalue weighted by atomic mass is 10.00. The lowest BCUT2D eigenvalue weighted by Gasteiger charge is -2.29. The van der Waals surface area contributed by atoms with E-state index in [1.807, 2.05) is 18.2 Å². The van der Waals surface area contributed by atoms with E-state index in [1.165, 1.54) is 28.1 Å². The summed E-state index contributed by atoms with van der Waals surface area (Å²) in [5.74, 6) is 0.739. The molecule has 0 aliphatic carbocycles. The Hall–Kier alpha value is -4.21. The van der Waals surface area contributed by atoms with E-state index < -0.39 is 11.7 Å². The Morgan fingerprint density at radius 3 is 2.42 bits per heavy atom. The highest BCUT2D eigenvalue weighted by Gasteiger charge is 2.31. The molecule has 0 radical (unpaired) electrons. The Labute approximate surface area is 205 Å². The zero-order chi connectivity index (χ0) is 25.3. The van der Waals surface area contributed by atoms with Crippen LogP contribution >= 0.6 is 0 Å². The van der Waals surface area contributed by atoms with Gasteiger partial charge in [-0.05, 0) is 48.2 Å². The van der Waals surface area contributed by atoms with Crippen LogP contribution in [0.1, 0.15) is 38.3 Å². The quantitative estimate of drug-likeness (QED) is 0.445. The van der Waals surface area contributed by atoms with Crippen LogP contribution in [0.25, 0.3) is 5.82 Å². The number of hydrogen-bond donors (Lipinski definition) is 1. The molecule has 5 rings (SSSR count). The topological polar surface area (TPSA) is 75.9 Å². The molecule has 0 fully saturated rings. The van der Waals surface area contributed by atoms with Gasteiger partial charge in [0, 0.05) is 32.0 Å². The first-order valence-electron chi connectivity index (χ1n) is 11.4. The van der Waals surface area contributed by atoms with Crippen molar-refractivity contribution < 1.29 is 18.0 Å². The number of halogens is 3. The van der Waals surface area contributed by atoms with E-state index in [-0.39, 0.29) is 18.3 Å². The van der Waals surface area contributed by atoms with Crippen molar-refractivity contribution in [2.24, 2.45) is 0 Å². The Bertz CT molecular complexity index is 1380. The zero-order valence-electron chi connectivity index (χ0n) is 19.5. The summed E-state index contributed by atoms with van der Waals surface area (Å²) in [6.45, 7) is 3.65. The van der Waals surface area contributed by atoms with Crippen LogP contribution < -0.4 is 10.2 Å². The van der Waals surface area contributed by atoms with Crippen LogP contribution in [0.2, 0.25) is 0 Å². The molecule has 1 aliphatic rings. The maximum Gasteiger partial charge on any atom is 0.417 e. The lowest BCUT2D eigenvalue weighted by molar-refractivity contribution is -0.137. The number of carbonyl (C=O) groups excluding carboxylic acids is 1. The van der Waals surface area contributed by atoms with Gasteiger partial charge in [-0.25, -0.2) is 14.6 Å². The van der Waals surface area contributed by atoms with Gasteiger partial charge < -0.3 is 10.2 Å². The summed E-state index contributed by atoms with van der Waals surface area (Å²) in [7, 11) is 0. The Balaban J connectivity index is 1.21. The van der Waals surface area contributed by atoms with E-state index in [4.69, 9.17) is 0 Å². The summed E-state index contributed by atoms with van der Waals surface area (Å²) in [4.78, 5) is 23.4. The van der Waals surface area contributed by atoms with Crippen LogP contribution in [0.5, 0.6) is 0 Å². The van der Waals surface area contributed by atoms with Gasteiger partial charge in [0.25, 0.3) is 5.91 Å². The summed E-state index contributed by atoms with van der Waals surface area (Å²) in [5.41, 5.74) is 3.47. The number of hydrogen-bond acceptors (Lipinski definition) is 5. The number of pyridine rings is 2. The molecule has 1 N–H and O–H groups in total. The number of amides is 1. The van der Waals surface area contributed by atoms with Crippen LogP contribution in [0.15, 0.2) is 67.1 Å². The lowest BCUT2D eigenvalue weighted by Crippen LogP contribution is -2.31. The second kappa shape index (κ2) is 9.44. The van der Waals surface area contributed by atoms with Crippen molar-refractivity contribution in [1.29, 1.82) is 0 Å². The monoisotopic (exact) mass is 492 g/mol. The molecule has 1 aromatic carbocycles. The number of carbonyl (C=O) groups is 1. The molecule has 0 bridgehead atoms.